The first-order valence-corrected chi connectivity index (χ1v) is 13.8. The van der Waals surface area contributed by atoms with E-state index in [2.05, 4.69) is 0 Å². The van der Waals surface area contributed by atoms with E-state index in [0.29, 0.717) is 12.8 Å². The van der Waals surface area contributed by atoms with Gasteiger partial charge in [0.25, 0.3) is 0 Å². The van der Waals surface area contributed by atoms with Crippen LogP contribution >= 0.6 is 0 Å². The Morgan fingerprint density at radius 3 is 1.24 bits per heavy atom. The summed E-state index contributed by atoms with van der Waals surface area (Å²) in [4.78, 5) is 23.2. The minimum Gasteiger partial charge on any atom is -0.497 e. The van der Waals surface area contributed by atoms with E-state index in [-0.39, 0.29) is 32.3 Å². The summed E-state index contributed by atoms with van der Waals surface area (Å²) in [6, 6.07) is 15.0. The summed E-state index contributed by atoms with van der Waals surface area (Å²) in [7, 11) is 1.63. The number of aryl methyl sites for hydroxylation is 1. The molecule has 4 N–H and O–H groups in total. The van der Waals surface area contributed by atoms with E-state index in [9.17, 15) is 9.59 Å². The summed E-state index contributed by atoms with van der Waals surface area (Å²) >= 11 is 0. The van der Waals surface area contributed by atoms with Crippen molar-refractivity contribution < 1.29 is 17.2 Å². The molecule has 2 atom stereocenters. The first-order valence-electron chi connectivity index (χ1n) is 13.8. The van der Waals surface area contributed by atoms with E-state index in [1.165, 1.54) is 5.56 Å². The molecule has 0 spiro atoms. The SMILES string of the molecule is CC.CC.CC.COc1ccc(CC(N)C(=O)C(C)C)cc1.Cc1ccc(CC(N)C(=O)C(C)C)cc1.[HH].[HH]. The highest BCUT2D eigenvalue weighted by atomic mass is 16.5. The minimum atomic E-state index is -0.409. The van der Waals surface area contributed by atoms with Crippen LogP contribution in [0.4, 0.5) is 0 Å². The van der Waals surface area contributed by atoms with Gasteiger partial charge in [-0.15, -0.1) is 0 Å². The summed E-state index contributed by atoms with van der Waals surface area (Å²) in [5.74, 6) is 1.07. The second-order valence-electron chi connectivity index (χ2n) is 8.57. The van der Waals surface area contributed by atoms with Crippen LogP contribution in [0.25, 0.3) is 0 Å². The van der Waals surface area contributed by atoms with E-state index in [1.54, 1.807) is 7.11 Å². The maximum Gasteiger partial charge on any atom is 0.152 e. The fourth-order valence-electron chi connectivity index (χ4n) is 3.05. The van der Waals surface area contributed by atoms with Crippen molar-refractivity contribution in [1.29, 1.82) is 0 Å². The van der Waals surface area contributed by atoms with Gasteiger partial charge in [0.05, 0.1) is 19.2 Å². The van der Waals surface area contributed by atoms with E-state index in [0.717, 1.165) is 16.9 Å². The summed E-state index contributed by atoms with van der Waals surface area (Å²) < 4.78 is 5.06. The van der Waals surface area contributed by atoms with Gasteiger partial charge in [-0.2, -0.15) is 0 Å². The first kappa shape index (κ1) is 39.0. The van der Waals surface area contributed by atoms with Crippen LogP contribution in [-0.2, 0) is 22.4 Å². The van der Waals surface area contributed by atoms with Gasteiger partial charge in [-0.05, 0) is 43.0 Å². The third-order valence-electron chi connectivity index (χ3n) is 5.06. The number of Topliss-reactive ketones (excluding diaryl/α,β-unsaturated/α-hetero) is 2. The molecule has 5 heteroatoms. The Hall–Kier alpha value is -2.50. The maximum atomic E-state index is 11.6. The van der Waals surface area contributed by atoms with Crippen molar-refractivity contribution in [3.05, 3.63) is 65.2 Å². The van der Waals surface area contributed by atoms with E-state index >= 15 is 0 Å². The zero-order valence-corrected chi connectivity index (χ0v) is 25.7. The quantitative estimate of drug-likeness (QED) is 0.358. The molecule has 5 nitrogen and oxygen atoms in total. The van der Waals surface area contributed by atoms with Crippen LogP contribution in [0.5, 0.6) is 5.75 Å². The number of hydrogen-bond acceptors (Lipinski definition) is 5. The van der Waals surface area contributed by atoms with Crippen LogP contribution in [0, 0.1) is 18.8 Å². The molecular formula is C32H60N2O3. The molecule has 0 aliphatic carbocycles. The van der Waals surface area contributed by atoms with E-state index < -0.39 is 6.04 Å². The topological polar surface area (TPSA) is 95.4 Å². The molecule has 0 fully saturated rings. The van der Waals surface area contributed by atoms with E-state index in [1.807, 2.05) is 125 Å². The van der Waals surface area contributed by atoms with Crippen LogP contribution in [0.15, 0.2) is 48.5 Å². The number of ketones is 2. The van der Waals surface area contributed by atoms with Crippen LogP contribution in [-0.4, -0.2) is 30.8 Å². The number of benzene rings is 2. The van der Waals surface area contributed by atoms with Crippen molar-refractivity contribution in [3.63, 3.8) is 0 Å². The summed E-state index contributed by atoms with van der Waals surface area (Å²) in [6.45, 7) is 21.6. The lowest BCUT2D eigenvalue weighted by Gasteiger charge is -2.13. The molecular weight excluding hydrogens is 460 g/mol. The lowest BCUT2D eigenvalue weighted by molar-refractivity contribution is -0.123. The number of hydrogen-bond donors (Lipinski definition) is 2. The molecule has 2 aromatic rings. The van der Waals surface area contributed by atoms with Crippen molar-refractivity contribution in [2.45, 2.75) is 101 Å². The standard InChI is InChI=1S/C13H19NO2.C13H19NO.3C2H6.2H2/c1-9(2)13(15)12(14)8-10-4-6-11(16-3)7-5-10;1-9(2)13(15)12(14)8-11-6-4-10(3)5-7-11;3*1-2;;/h4-7,9,12H,8,14H2,1-3H3;4-7,9,12H,8,14H2,1-3H3;3*1-2H3;2*1H. The van der Waals surface area contributed by atoms with Gasteiger partial charge in [0, 0.05) is 14.7 Å². The van der Waals surface area contributed by atoms with Crippen molar-refractivity contribution in [2.24, 2.45) is 23.3 Å². The number of carbonyl (C=O) groups excluding carboxylic acids is 2. The molecule has 0 saturated heterocycles. The predicted molar refractivity (Wildman–Crippen MR) is 165 cm³/mol. The zero-order chi connectivity index (χ0) is 29.6. The lowest BCUT2D eigenvalue weighted by Crippen LogP contribution is -2.35. The average Bonchev–Trinajstić information content (AvgIpc) is 2.93. The second-order valence-corrected chi connectivity index (χ2v) is 8.57. The first-order chi connectivity index (χ1) is 17.5. The van der Waals surface area contributed by atoms with Crippen molar-refractivity contribution in [1.82, 2.24) is 0 Å². The van der Waals surface area contributed by atoms with Crippen LogP contribution in [0.2, 0.25) is 0 Å². The van der Waals surface area contributed by atoms with Crippen molar-refractivity contribution >= 4 is 11.6 Å². The molecule has 2 rings (SSSR count). The van der Waals surface area contributed by atoms with Gasteiger partial charge in [0.2, 0.25) is 0 Å². The van der Waals surface area contributed by atoms with Crippen LogP contribution < -0.4 is 16.2 Å². The molecule has 2 unspecified atom stereocenters. The van der Waals surface area contributed by atoms with Gasteiger partial charge in [-0.3, -0.25) is 9.59 Å². The molecule has 0 aliphatic rings. The molecule has 2 aromatic carbocycles. The number of rotatable bonds is 9. The largest absolute Gasteiger partial charge is 0.497 e. The predicted octanol–water partition coefficient (Wildman–Crippen LogP) is 7.45. The smallest absolute Gasteiger partial charge is 0.152 e. The maximum absolute atomic E-state index is 11.6. The minimum absolute atomic E-state index is 0. The van der Waals surface area contributed by atoms with Gasteiger partial charge in [-0.1, -0.05) is 111 Å². The lowest BCUT2D eigenvalue weighted by atomic mass is 9.96. The van der Waals surface area contributed by atoms with Gasteiger partial charge in [0.1, 0.15) is 5.75 Å². The van der Waals surface area contributed by atoms with Gasteiger partial charge >= 0.3 is 0 Å². The van der Waals surface area contributed by atoms with Crippen molar-refractivity contribution in [3.8, 4) is 5.75 Å². The van der Waals surface area contributed by atoms with Crippen LogP contribution in [0.3, 0.4) is 0 Å². The molecule has 0 aliphatic heterocycles. The Bertz CT molecular complexity index is 824. The Labute approximate surface area is 231 Å². The monoisotopic (exact) mass is 520 g/mol. The zero-order valence-electron chi connectivity index (χ0n) is 25.7. The van der Waals surface area contributed by atoms with E-state index in [4.69, 9.17) is 16.2 Å². The number of carbonyl (C=O) groups is 2. The number of methoxy groups -OCH3 is 1. The normalized spacial score (nSPS) is 11.1. The highest BCUT2D eigenvalue weighted by molar-refractivity contribution is 5.86. The molecule has 37 heavy (non-hydrogen) atoms. The van der Waals surface area contributed by atoms with Gasteiger partial charge < -0.3 is 16.2 Å². The Morgan fingerprint density at radius 1 is 0.676 bits per heavy atom. The number of nitrogens with two attached hydrogens (primary N) is 2. The highest BCUT2D eigenvalue weighted by Gasteiger charge is 2.17. The Morgan fingerprint density at radius 2 is 0.973 bits per heavy atom. The number of ether oxygens (including phenoxy) is 1. The Kier molecular flexibility index (Phi) is 25.2. The molecule has 0 heterocycles. The second kappa shape index (κ2) is 23.9. The third kappa shape index (κ3) is 17.6. The highest BCUT2D eigenvalue weighted by Crippen LogP contribution is 2.13. The van der Waals surface area contributed by atoms with Crippen molar-refractivity contribution in [2.75, 3.05) is 7.11 Å². The fraction of sp³-hybridized carbons (Fsp3) is 0.562. The summed E-state index contributed by atoms with van der Waals surface area (Å²) in [5, 5.41) is 0. The molecule has 0 saturated carbocycles. The third-order valence-corrected chi connectivity index (χ3v) is 5.06. The van der Waals surface area contributed by atoms with Crippen LogP contribution in [0.1, 0.15) is 88.8 Å². The summed E-state index contributed by atoms with van der Waals surface area (Å²) in [5.41, 5.74) is 15.1. The van der Waals surface area contributed by atoms with Gasteiger partial charge in [-0.25, -0.2) is 0 Å². The fourth-order valence-corrected chi connectivity index (χ4v) is 3.05. The summed E-state index contributed by atoms with van der Waals surface area (Å²) in [6.07, 6.45) is 1.22. The molecule has 0 radical (unpaired) electrons. The molecule has 216 valence electrons. The Balaban J connectivity index is -0.000000159. The molecule has 0 amide bonds. The van der Waals surface area contributed by atoms with Gasteiger partial charge in [0.15, 0.2) is 11.6 Å². The molecule has 0 aromatic heterocycles. The molecule has 0 bridgehead atoms. The average molecular weight is 521 g/mol.